The van der Waals surface area contributed by atoms with Crippen molar-refractivity contribution in [2.75, 3.05) is 25.4 Å². The maximum absolute atomic E-state index is 12.7. The average Bonchev–Trinajstić information content (AvgIpc) is 3.40. The molecule has 0 aromatic heterocycles. The van der Waals surface area contributed by atoms with Crippen LogP contribution in [0.15, 0.2) is 53.4 Å². The minimum absolute atomic E-state index is 0.0906. The average molecular weight is 457 g/mol. The SMILES string of the molecule is O=C(NCCCS(=O)(=O)c1ccccc1)c1ccc2c(c1)C(=O)N(CC1CCCO1)C2=O. The van der Waals surface area contributed by atoms with Crippen molar-refractivity contribution >= 4 is 27.6 Å². The molecule has 0 radical (unpaired) electrons. The molecule has 1 fully saturated rings. The van der Waals surface area contributed by atoms with Gasteiger partial charge in [0.25, 0.3) is 17.7 Å². The number of carbonyl (C=O) groups is 3. The zero-order chi connectivity index (χ0) is 22.7. The van der Waals surface area contributed by atoms with Crippen molar-refractivity contribution in [2.45, 2.75) is 30.3 Å². The van der Waals surface area contributed by atoms with Crippen LogP contribution in [0.5, 0.6) is 0 Å². The van der Waals surface area contributed by atoms with Gasteiger partial charge in [-0.2, -0.15) is 0 Å². The number of nitrogens with one attached hydrogen (secondary N) is 1. The van der Waals surface area contributed by atoms with Gasteiger partial charge >= 0.3 is 0 Å². The number of ether oxygens (including phenoxy) is 1. The second kappa shape index (κ2) is 9.22. The van der Waals surface area contributed by atoms with Crippen molar-refractivity contribution < 1.29 is 27.5 Å². The lowest BCUT2D eigenvalue weighted by atomic mass is 10.1. The Hall–Kier alpha value is -3.04. The molecular weight excluding hydrogens is 432 g/mol. The molecule has 1 saturated heterocycles. The van der Waals surface area contributed by atoms with Gasteiger partial charge < -0.3 is 10.1 Å². The summed E-state index contributed by atoms with van der Waals surface area (Å²) in [4.78, 5) is 39.2. The fourth-order valence-electron chi connectivity index (χ4n) is 3.90. The first-order chi connectivity index (χ1) is 15.4. The quantitative estimate of drug-likeness (QED) is 0.481. The molecule has 3 amide bonds. The Morgan fingerprint density at radius 3 is 2.53 bits per heavy atom. The molecule has 32 heavy (non-hydrogen) atoms. The van der Waals surface area contributed by atoms with Crippen molar-refractivity contribution in [3.05, 3.63) is 65.2 Å². The van der Waals surface area contributed by atoms with Crippen LogP contribution in [0, 0.1) is 0 Å². The number of hydrogen-bond donors (Lipinski definition) is 1. The first kappa shape index (κ1) is 22.2. The number of carbonyl (C=O) groups excluding carboxylic acids is 3. The number of hydrogen-bond acceptors (Lipinski definition) is 6. The smallest absolute Gasteiger partial charge is 0.261 e. The first-order valence-electron chi connectivity index (χ1n) is 10.5. The van der Waals surface area contributed by atoms with Crippen molar-refractivity contribution in [3.63, 3.8) is 0 Å². The maximum Gasteiger partial charge on any atom is 0.261 e. The molecule has 1 unspecified atom stereocenters. The lowest BCUT2D eigenvalue weighted by molar-refractivity contribution is 0.0475. The third-order valence-electron chi connectivity index (χ3n) is 5.62. The van der Waals surface area contributed by atoms with Crippen LogP contribution in [-0.4, -0.2) is 62.6 Å². The fourth-order valence-corrected chi connectivity index (χ4v) is 5.23. The van der Waals surface area contributed by atoms with Crippen LogP contribution in [0.1, 0.15) is 50.3 Å². The van der Waals surface area contributed by atoms with E-state index in [0.717, 1.165) is 12.8 Å². The van der Waals surface area contributed by atoms with E-state index in [1.807, 2.05) is 0 Å². The van der Waals surface area contributed by atoms with Gasteiger partial charge in [-0.25, -0.2) is 8.42 Å². The molecule has 168 valence electrons. The zero-order valence-corrected chi connectivity index (χ0v) is 18.3. The van der Waals surface area contributed by atoms with Crippen LogP contribution >= 0.6 is 0 Å². The molecule has 1 N–H and O–H groups in total. The Morgan fingerprint density at radius 1 is 1.06 bits per heavy atom. The van der Waals surface area contributed by atoms with Crippen LogP contribution in [0.4, 0.5) is 0 Å². The topological polar surface area (TPSA) is 110 Å². The van der Waals surface area contributed by atoms with E-state index in [9.17, 15) is 22.8 Å². The predicted octanol–water partition coefficient (Wildman–Crippen LogP) is 2.06. The molecule has 1 atom stereocenters. The van der Waals surface area contributed by atoms with Crippen LogP contribution in [-0.2, 0) is 14.6 Å². The third-order valence-corrected chi connectivity index (χ3v) is 7.44. The summed E-state index contributed by atoms with van der Waals surface area (Å²) in [6.45, 7) is 1.01. The van der Waals surface area contributed by atoms with Gasteiger partial charge in [-0.1, -0.05) is 18.2 Å². The highest BCUT2D eigenvalue weighted by atomic mass is 32.2. The van der Waals surface area contributed by atoms with E-state index in [4.69, 9.17) is 4.74 Å². The van der Waals surface area contributed by atoms with Gasteiger partial charge in [-0.3, -0.25) is 19.3 Å². The number of fused-ring (bicyclic) bond motifs is 1. The number of amides is 3. The Kier molecular flexibility index (Phi) is 6.38. The van der Waals surface area contributed by atoms with Crippen LogP contribution in [0.3, 0.4) is 0 Å². The van der Waals surface area contributed by atoms with E-state index in [1.165, 1.54) is 23.1 Å². The summed E-state index contributed by atoms with van der Waals surface area (Å²) in [7, 11) is -3.41. The van der Waals surface area contributed by atoms with E-state index in [-0.39, 0.29) is 58.9 Å². The molecule has 0 spiro atoms. The normalized spacial score (nSPS) is 18.1. The second-order valence-electron chi connectivity index (χ2n) is 7.86. The monoisotopic (exact) mass is 456 g/mol. The Morgan fingerprint density at radius 2 is 1.81 bits per heavy atom. The molecule has 8 nitrogen and oxygen atoms in total. The number of nitrogens with zero attached hydrogens (tertiary/aromatic N) is 1. The highest BCUT2D eigenvalue weighted by molar-refractivity contribution is 7.91. The van der Waals surface area contributed by atoms with E-state index >= 15 is 0 Å². The van der Waals surface area contributed by atoms with Gasteiger partial charge in [0.1, 0.15) is 0 Å². The predicted molar refractivity (Wildman–Crippen MR) is 116 cm³/mol. The highest BCUT2D eigenvalue weighted by Gasteiger charge is 2.37. The minimum Gasteiger partial charge on any atom is -0.376 e. The van der Waals surface area contributed by atoms with E-state index in [0.29, 0.717) is 6.61 Å². The number of sulfone groups is 1. The number of imide groups is 1. The molecule has 2 aliphatic rings. The van der Waals surface area contributed by atoms with Crippen molar-refractivity contribution in [1.29, 1.82) is 0 Å². The van der Waals surface area contributed by atoms with Gasteiger partial charge in [0, 0.05) is 18.7 Å². The minimum atomic E-state index is -3.41. The number of benzene rings is 2. The summed E-state index contributed by atoms with van der Waals surface area (Å²) < 4.78 is 30.1. The van der Waals surface area contributed by atoms with Gasteiger partial charge in [-0.05, 0) is 49.6 Å². The summed E-state index contributed by atoms with van der Waals surface area (Å²) in [5, 5.41) is 2.68. The molecule has 2 heterocycles. The number of rotatable bonds is 8. The lowest BCUT2D eigenvalue weighted by Crippen LogP contribution is -2.36. The first-order valence-corrected chi connectivity index (χ1v) is 12.2. The Balaban J connectivity index is 1.34. The van der Waals surface area contributed by atoms with Crippen LogP contribution in [0.25, 0.3) is 0 Å². The fraction of sp³-hybridized carbons (Fsp3) is 0.348. The molecule has 0 bridgehead atoms. The molecule has 2 aliphatic heterocycles. The molecule has 2 aromatic rings. The molecule has 0 saturated carbocycles. The van der Waals surface area contributed by atoms with Gasteiger partial charge in [0.15, 0.2) is 9.84 Å². The molecule has 0 aliphatic carbocycles. The maximum atomic E-state index is 12.7. The lowest BCUT2D eigenvalue weighted by Gasteiger charge is -2.17. The molecular formula is C23H24N2O6S. The van der Waals surface area contributed by atoms with Gasteiger partial charge in [-0.15, -0.1) is 0 Å². The van der Waals surface area contributed by atoms with Crippen molar-refractivity contribution in [3.8, 4) is 0 Å². The van der Waals surface area contributed by atoms with Gasteiger partial charge in [0.2, 0.25) is 0 Å². The summed E-state index contributed by atoms with van der Waals surface area (Å²) in [5.41, 5.74) is 0.723. The third kappa shape index (κ3) is 4.58. The van der Waals surface area contributed by atoms with E-state index in [2.05, 4.69) is 5.32 Å². The molecule has 2 aromatic carbocycles. The summed E-state index contributed by atoms with van der Waals surface area (Å²) >= 11 is 0. The van der Waals surface area contributed by atoms with E-state index in [1.54, 1.807) is 30.3 Å². The Labute approximate surface area is 186 Å². The van der Waals surface area contributed by atoms with Crippen molar-refractivity contribution in [2.24, 2.45) is 0 Å². The largest absolute Gasteiger partial charge is 0.376 e. The standard InChI is InChI=1S/C23H24N2O6S/c26-21(24-11-5-13-32(29,30)18-7-2-1-3-8-18)16-9-10-19-20(14-16)23(28)25(22(19)27)15-17-6-4-12-31-17/h1-3,7-10,14,17H,4-6,11-13,15H2,(H,24,26). The summed E-state index contributed by atoms with van der Waals surface area (Å²) in [5.74, 6) is -1.32. The van der Waals surface area contributed by atoms with Crippen LogP contribution in [0.2, 0.25) is 0 Å². The Bertz CT molecular complexity index is 1140. The second-order valence-corrected chi connectivity index (χ2v) is 9.97. The molecule has 4 rings (SSSR count). The van der Waals surface area contributed by atoms with Gasteiger partial charge in [0.05, 0.1) is 34.4 Å². The zero-order valence-electron chi connectivity index (χ0n) is 17.5. The molecule has 9 heteroatoms. The van der Waals surface area contributed by atoms with Crippen LogP contribution < -0.4 is 5.32 Å². The van der Waals surface area contributed by atoms with E-state index < -0.39 is 21.7 Å². The summed E-state index contributed by atoms with van der Waals surface area (Å²) in [6.07, 6.45) is 1.82. The van der Waals surface area contributed by atoms with Crippen molar-refractivity contribution in [1.82, 2.24) is 10.2 Å². The summed E-state index contributed by atoms with van der Waals surface area (Å²) in [6, 6.07) is 12.6. The highest BCUT2D eigenvalue weighted by Crippen LogP contribution is 2.26.